The largest absolute Gasteiger partial charge is 0.474 e. The molecule has 0 radical (unpaired) electrons. The molecule has 2 rings (SSSR count). The molecule has 1 atom stereocenters. The van der Waals surface area contributed by atoms with Gasteiger partial charge >= 0.3 is 11.7 Å². The first-order chi connectivity index (χ1) is 13.2. The number of methoxy groups -OCH3 is 1. The number of hydrogen-bond acceptors (Lipinski definition) is 6. The lowest BCUT2D eigenvalue weighted by Crippen LogP contribution is -2.30. The Kier molecular flexibility index (Phi) is 6.70. The van der Waals surface area contributed by atoms with Crippen LogP contribution in [0.4, 0.5) is 11.4 Å². The first kappa shape index (κ1) is 20.9. The summed E-state index contributed by atoms with van der Waals surface area (Å²) in [5.74, 6) is -1.05. The number of esters is 1. The molecule has 28 heavy (non-hydrogen) atoms. The van der Waals surface area contributed by atoms with Gasteiger partial charge in [0.05, 0.1) is 17.6 Å². The van der Waals surface area contributed by atoms with Crippen LogP contribution < -0.4 is 10.1 Å². The number of rotatable bonds is 7. The maximum Gasteiger partial charge on any atom is 0.338 e. The molecule has 0 fully saturated rings. The van der Waals surface area contributed by atoms with E-state index in [1.807, 2.05) is 32.0 Å². The topological polar surface area (TPSA) is 108 Å². The summed E-state index contributed by atoms with van der Waals surface area (Å²) in [4.78, 5) is 34.7. The second-order valence-electron chi connectivity index (χ2n) is 6.42. The van der Waals surface area contributed by atoms with E-state index in [9.17, 15) is 19.7 Å². The summed E-state index contributed by atoms with van der Waals surface area (Å²) < 4.78 is 10.1. The average molecular weight is 386 g/mol. The van der Waals surface area contributed by atoms with Crippen LogP contribution in [0.2, 0.25) is 0 Å². The minimum absolute atomic E-state index is 0.0181. The lowest BCUT2D eigenvalue weighted by atomic mass is 10.0. The lowest BCUT2D eigenvalue weighted by Gasteiger charge is -2.18. The van der Waals surface area contributed by atoms with Crippen LogP contribution >= 0.6 is 0 Å². The summed E-state index contributed by atoms with van der Waals surface area (Å²) >= 11 is 0. The highest BCUT2D eigenvalue weighted by molar-refractivity contribution is 5.95. The van der Waals surface area contributed by atoms with Crippen molar-refractivity contribution in [1.82, 2.24) is 0 Å². The molecule has 0 bridgehead atoms. The van der Waals surface area contributed by atoms with Crippen LogP contribution in [0.15, 0.2) is 42.5 Å². The highest BCUT2D eigenvalue weighted by Crippen LogP contribution is 2.30. The number of carbonyl (C=O) groups excluding carboxylic acids is 2. The monoisotopic (exact) mass is 386 g/mol. The summed E-state index contributed by atoms with van der Waals surface area (Å²) in [5.41, 5.74) is 1.22. The van der Waals surface area contributed by atoms with Gasteiger partial charge in [-0.2, -0.15) is 0 Å². The average Bonchev–Trinajstić information content (AvgIpc) is 2.67. The van der Waals surface area contributed by atoms with Crippen LogP contribution in [0.1, 0.15) is 42.6 Å². The zero-order valence-electron chi connectivity index (χ0n) is 16.1. The number of carbonyl (C=O) groups is 2. The van der Waals surface area contributed by atoms with Crippen LogP contribution in [0.25, 0.3) is 0 Å². The number of anilines is 1. The summed E-state index contributed by atoms with van der Waals surface area (Å²) in [6.45, 7) is 5.51. The quantitative estimate of drug-likeness (QED) is 0.439. The van der Waals surface area contributed by atoms with Crippen molar-refractivity contribution in [2.75, 3.05) is 12.4 Å². The molecule has 148 valence electrons. The number of benzene rings is 2. The van der Waals surface area contributed by atoms with E-state index in [1.54, 1.807) is 6.07 Å². The van der Waals surface area contributed by atoms with Crippen LogP contribution in [-0.4, -0.2) is 30.0 Å². The summed E-state index contributed by atoms with van der Waals surface area (Å²) in [6.07, 6.45) is -0.997. The predicted molar refractivity (Wildman–Crippen MR) is 104 cm³/mol. The molecule has 8 heteroatoms. The molecule has 0 saturated carbocycles. The molecular formula is C20H22N2O6. The number of nitrogens with zero attached hydrogens (tertiary/aromatic N) is 1. The van der Waals surface area contributed by atoms with Gasteiger partial charge < -0.3 is 14.8 Å². The fourth-order valence-electron chi connectivity index (χ4n) is 2.60. The van der Waals surface area contributed by atoms with Crippen LogP contribution in [0.5, 0.6) is 5.75 Å². The third kappa shape index (κ3) is 4.85. The van der Waals surface area contributed by atoms with Crippen molar-refractivity contribution in [2.45, 2.75) is 32.8 Å². The maximum atomic E-state index is 12.5. The van der Waals surface area contributed by atoms with E-state index in [1.165, 1.54) is 26.2 Å². The summed E-state index contributed by atoms with van der Waals surface area (Å²) in [7, 11) is 1.18. The Morgan fingerprint density at radius 2 is 1.79 bits per heavy atom. The number of nitro groups is 1. The fourth-order valence-corrected chi connectivity index (χ4v) is 2.60. The minimum atomic E-state index is -0.997. The molecule has 1 N–H and O–H groups in total. The summed E-state index contributed by atoms with van der Waals surface area (Å²) in [6, 6.07) is 11.1. The first-order valence-electron chi connectivity index (χ1n) is 8.67. The standard InChI is InChI=1S/C20H22N2O6/c1-12(2)15-7-5-6-8-16(15)21-19(23)13(3)28-18-10-9-14(20(24)27-4)11-17(18)22(25)26/h5-13H,1-4H3,(H,21,23)/t13-/m1/s1. The Hall–Kier alpha value is -3.42. The molecule has 1 amide bonds. The molecule has 0 saturated heterocycles. The number of nitro benzene ring substituents is 1. The number of amides is 1. The van der Waals surface area contributed by atoms with Gasteiger partial charge in [0.25, 0.3) is 5.91 Å². The van der Waals surface area contributed by atoms with Crippen LogP contribution in [0.3, 0.4) is 0 Å². The Bertz CT molecular complexity index is 894. The van der Waals surface area contributed by atoms with Crippen molar-refractivity contribution in [3.05, 3.63) is 63.7 Å². The number of para-hydroxylation sites is 1. The normalized spacial score (nSPS) is 11.6. The second-order valence-corrected chi connectivity index (χ2v) is 6.42. The van der Waals surface area contributed by atoms with Crippen molar-refractivity contribution >= 4 is 23.3 Å². The second kappa shape index (κ2) is 8.98. The van der Waals surface area contributed by atoms with Gasteiger partial charge in [0.1, 0.15) is 0 Å². The third-order valence-corrected chi connectivity index (χ3v) is 4.09. The van der Waals surface area contributed by atoms with E-state index < -0.39 is 28.6 Å². The Morgan fingerprint density at radius 3 is 2.39 bits per heavy atom. The van der Waals surface area contributed by atoms with Gasteiger partial charge in [0.15, 0.2) is 11.9 Å². The molecular weight excluding hydrogens is 364 g/mol. The zero-order chi connectivity index (χ0) is 20.8. The number of nitrogens with one attached hydrogen (secondary N) is 1. The van der Waals surface area contributed by atoms with Gasteiger partial charge in [-0.3, -0.25) is 14.9 Å². The van der Waals surface area contributed by atoms with Gasteiger partial charge in [0.2, 0.25) is 0 Å². The minimum Gasteiger partial charge on any atom is -0.474 e. The Morgan fingerprint density at radius 1 is 1.11 bits per heavy atom. The van der Waals surface area contributed by atoms with Gasteiger partial charge in [-0.05, 0) is 36.6 Å². The fraction of sp³-hybridized carbons (Fsp3) is 0.300. The van der Waals surface area contributed by atoms with Crippen molar-refractivity contribution in [3.63, 3.8) is 0 Å². The Balaban J connectivity index is 2.20. The van der Waals surface area contributed by atoms with Gasteiger partial charge in [0, 0.05) is 11.8 Å². The lowest BCUT2D eigenvalue weighted by molar-refractivity contribution is -0.386. The van der Waals surface area contributed by atoms with E-state index in [0.29, 0.717) is 5.69 Å². The summed E-state index contributed by atoms with van der Waals surface area (Å²) in [5, 5.41) is 14.1. The zero-order valence-corrected chi connectivity index (χ0v) is 16.1. The van der Waals surface area contributed by atoms with Gasteiger partial charge in [-0.15, -0.1) is 0 Å². The SMILES string of the molecule is COC(=O)c1ccc(O[C@H](C)C(=O)Nc2ccccc2C(C)C)c([N+](=O)[O-])c1. The smallest absolute Gasteiger partial charge is 0.338 e. The first-order valence-corrected chi connectivity index (χ1v) is 8.67. The molecule has 0 spiro atoms. The number of hydrogen-bond donors (Lipinski definition) is 1. The van der Waals surface area contributed by atoms with E-state index in [2.05, 4.69) is 10.1 Å². The van der Waals surface area contributed by atoms with E-state index in [0.717, 1.165) is 11.6 Å². The predicted octanol–water partition coefficient (Wildman–Crippen LogP) is 3.91. The van der Waals surface area contributed by atoms with Crippen molar-refractivity contribution in [1.29, 1.82) is 0 Å². The third-order valence-electron chi connectivity index (χ3n) is 4.09. The van der Waals surface area contributed by atoms with Crippen LogP contribution in [-0.2, 0) is 9.53 Å². The van der Waals surface area contributed by atoms with E-state index in [-0.39, 0.29) is 17.2 Å². The van der Waals surface area contributed by atoms with Crippen molar-refractivity contribution < 1.29 is 24.0 Å². The molecule has 0 aliphatic rings. The highest BCUT2D eigenvalue weighted by atomic mass is 16.6. The molecule has 0 aromatic heterocycles. The molecule has 0 heterocycles. The van der Waals surface area contributed by atoms with E-state index in [4.69, 9.17) is 4.74 Å². The molecule has 0 unspecified atom stereocenters. The molecule has 8 nitrogen and oxygen atoms in total. The highest BCUT2D eigenvalue weighted by Gasteiger charge is 2.24. The maximum absolute atomic E-state index is 12.5. The number of ether oxygens (including phenoxy) is 2. The van der Waals surface area contributed by atoms with E-state index >= 15 is 0 Å². The van der Waals surface area contributed by atoms with Gasteiger partial charge in [-0.1, -0.05) is 32.0 Å². The molecule has 2 aromatic rings. The Labute approximate surface area is 162 Å². The molecule has 0 aliphatic carbocycles. The van der Waals surface area contributed by atoms with Crippen molar-refractivity contribution in [2.24, 2.45) is 0 Å². The van der Waals surface area contributed by atoms with Crippen molar-refractivity contribution in [3.8, 4) is 5.75 Å². The molecule has 2 aromatic carbocycles. The molecule has 0 aliphatic heterocycles. The van der Waals surface area contributed by atoms with Crippen LogP contribution in [0, 0.1) is 10.1 Å². The van der Waals surface area contributed by atoms with Gasteiger partial charge in [-0.25, -0.2) is 4.79 Å².